The van der Waals surface area contributed by atoms with Gasteiger partial charge in [-0.05, 0) is 44.1 Å². The molecule has 0 bridgehead atoms. The van der Waals surface area contributed by atoms with Crippen LogP contribution >= 0.6 is 0 Å². The van der Waals surface area contributed by atoms with E-state index in [2.05, 4.69) is 31.4 Å². The van der Waals surface area contributed by atoms with E-state index in [1.165, 1.54) is 12.8 Å². The number of amides is 1. The minimum Gasteiger partial charge on any atom is -0.353 e. The van der Waals surface area contributed by atoms with Crippen LogP contribution in [0.25, 0.3) is 0 Å². The van der Waals surface area contributed by atoms with Crippen LogP contribution < -0.4 is 10.6 Å². The summed E-state index contributed by atoms with van der Waals surface area (Å²) in [5, 5.41) is 6.73. The third-order valence-corrected chi connectivity index (χ3v) is 4.99. The van der Waals surface area contributed by atoms with Crippen molar-refractivity contribution < 1.29 is 4.79 Å². The molecule has 0 aromatic rings. The molecule has 1 saturated carbocycles. The Morgan fingerprint density at radius 1 is 1.37 bits per heavy atom. The van der Waals surface area contributed by atoms with Gasteiger partial charge in [-0.25, -0.2) is 0 Å². The van der Waals surface area contributed by atoms with Gasteiger partial charge in [-0.15, -0.1) is 0 Å². The van der Waals surface area contributed by atoms with Crippen molar-refractivity contribution in [1.29, 1.82) is 0 Å². The van der Waals surface area contributed by atoms with Crippen LogP contribution in [0.15, 0.2) is 0 Å². The van der Waals surface area contributed by atoms with Crippen molar-refractivity contribution in [3.63, 3.8) is 0 Å². The van der Waals surface area contributed by atoms with E-state index in [0.29, 0.717) is 17.4 Å². The molecule has 1 aliphatic heterocycles. The molecule has 1 amide bonds. The molecule has 2 rings (SSSR count). The first-order valence-electron chi connectivity index (χ1n) is 7.99. The Balaban J connectivity index is 1.95. The quantitative estimate of drug-likeness (QED) is 0.821. The molecule has 0 radical (unpaired) electrons. The summed E-state index contributed by atoms with van der Waals surface area (Å²) in [7, 11) is 0. The molecule has 3 nitrogen and oxygen atoms in total. The first-order valence-corrected chi connectivity index (χ1v) is 7.99. The van der Waals surface area contributed by atoms with Gasteiger partial charge < -0.3 is 10.6 Å². The molecule has 0 aromatic heterocycles. The van der Waals surface area contributed by atoms with Crippen LogP contribution in [0.3, 0.4) is 0 Å². The highest BCUT2D eigenvalue weighted by Gasteiger charge is 2.41. The third-order valence-electron chi connectivity index (χ3n) is 4.99. The maximum Gasteiger partial charge on any atom is 0.227 e. The molecule has 2 atom stereocenters. The molecule has 1 heterocycles. The summed E-state index contributed by atoms with van der Waals surface area (Å²) in [6, 6.07) is 0.394. The summed E-state index contributed by atoms with van der Waals surface area (Å²) in [5.41, 5.74) is 0.262. The summed E-state index contributed by atoms with van der Waals surface area (Å²) in [5.74, 6) is 0.307. The van der Waals surface area contributed by atoms with Gasteiger partial charge in [0.05, 0.1) is 5.41 Å². The van der Waals surface area contributed by atoms with Crippen LogP contribution in [0, 0.1) is 10.8 Å². The van der Waals surface area contributed by atoms with Gasteiger partial charge in [0.2, 0.25) is 5.91 Å². The van der Waals surface area contributed by atoms with Crippen molar-refractivity contribution in [1.82, 2.24) is 10.6 Å². The van der Waals surface area contributed by atoms with Crippen molar-refractivity contribution in [2.75, 3.05) is 13.1 Å². The normalized spacial score (nSPS) is 34.2. The van der Waals surface area contributed by atoms with E-state index in [4.69, 9.17) is 0 Å². The van der Waals surface area contributed by atoms with E-state index in [1.807, 2.05) is 0 Å². The van der Waals surface area contributed by atoms with E-state index in [-0.39, 0.29) is 5.41 Å². The van der Waals surface area contributed by atoms with Gasteiger partial charge in [-0.2, -0.15) is 0 Å². The Morgan fingerprint density at radius 2 is 2.16 bits per heavy atom. The highest BCUT2D eigenvalue weighted by Crippen LogP contribution is 2.36. The van der Waals surface area contributed by atoms with E-state index < -0.39 is 0 Å². The van der Waals surface area contributed by atoms with Gasteiger partial charge >= 0.3 is 0 Å². The molecular weight excluding hydrogens is 236 g/mol. The second-order valence-corrected chi connectivity index (χ2v) is 7.39. The van der Waals surface area contributed by atoms with Gasteiger partial charge in [0.25, 0.3) is 0 Å². The first-order chi connectivity index (χ1) is 8.97. The topological polar surface area (TPSA) is 41.1 Å². The molecule has 110 valence electrons. The van der Waals surface area contributed by atoms with Gasteiger partial charge in [0.1, 0.15) is 0 Å². The molecular formula is C16H30N2O. The maximum atomic E-state index is 12.7. The first kappa shape index (κ1) is 14.8. The summed E-state index contributed by atoms with van der Waals surface area (Å²) in [6.07, 6.45) is 7.94. The van der Waals surface area contributed by atoms with Gasteiger partial charge in [0.15, 0.2) is 0 Å². The largest absolute Gasteiger partial charge is 0.353 e. The van der Waals surface area contributed by atoms with Crippen LogP contribution in [0.4, 0.5) is 0 Å². The van der Waals surface area contributed by atoms with Gasteiger partial charge in [0, 0.05) is 12.6 Å². The van der Waals surface area contributed by atoms with E-state index in [1.54, 1.807) is 0 Å². The summed E-state index contributed by atoms with van der Waals surface area (Å²) in [4.78, 5) is 12.7. The third kappa shape index (κ3) is 3.50. The Bertz CT molecular complexity index is 319. The van der Waals surface area contributed by atoms with Crippen LogP contribution in [0.5, 0.6) is 0 Å². The average molecular weight is 266 g/mol. The number of carbonyl (C=O) groups excluding carboxylic acids is 1. The van der Waals surface area contributed by atoms with Gasteiger partial charge in [-0.3, -0.25) is 4.79 Å². The number of hydrogen-bond donors (Lipinski definition) is 2. The summed E-state index contributed by atoms with van der Waals surface area (Å²) in [6.45, 7) is 8.68. The average Bonchev–Trinajstić information content (AvgIpc) is 2.78. The Morgan fingerprint density at radius 3 is 2.74 bits per heavy atom. The van der Waals surface area contributed by atoms with Crippen LogP contribution in [0.1, 0.15) is 65.7 Å². The second-order valence-electron chi connectivity index (χ2n) is 7.39. The van der Waals surface area contributed by atoms with Gasteiger partial charge in [-0.1, -0.05) is 33.6 Å². The lowest BCUT2D eigenvalue weighted by atomic mass is 9.74. The Hall–Kier alpha value is -0.570. The predicted octanol–water partition coefficient (Wildman–Crippen LogP) is 2.85. The molecule has 2 unspecified atom stereocenters. The van der Waals surface area contributed by atoms with Crippen LogP contribution in [-0.4, -0.2) is 25.0 Å². The second kappa shape index (κ2) is 5.82. The lowest BCUT2D eigenvalue weighted by Crippen LogP contribution is -2.48. The highest BCUT2D eigenvalue weighted by atomic mass is 16.2. The fourth-order valence-electron chi connectivity index (χ4n) is 3.90. The van der Waals surface area contributed by atoms with Crippen LogP contribution in [-0.2, 0) is 4.79 Å². The lowest BCUT2D eigenvalue weighted by Gasteiger charge is -2.37. The van der Waals surface area contributed by atoms with Crippen LogP contribution in [0.2, 0.25) is 0 Å². The predicted molar refractivity (Wildman–Crippen MR) is 79.0 cm³/mol. The van der Waals surface area contributed by atoms with Crippen molar-refractivity contribution in [2.24, 2.45) is 10.8 Å². The maximum absolute atomic E-state index is 12.7. The fraction of sp³-hybridized carbons (Fsp3) is 0.938. The SMILES string of the molecule is CCCC1(C(=O)NC2CCCC(C)(C)C2)CCNC1. The van der Waals surface area contributed by atoms with E-state index >= 15 is 0 Å². The number of hydrogen-bond acceptors (Lipinski definition) is 2. The minimum absolute atomic E-state index is 0.129. The fourth-order valence-corrected chi connectivity index (χ4v) is 3.90. The zero-order valence-corrected chi connectivity index (χ0v) is 12.8. The number of rotatable bonds is 4. The summed E-state index contributed by atoms with van der Waals surface area (Å²) >= 11 is 0. The molecule has 2 aliphatic rings. The molecule has 1 aliphatic carbocycles. The van der Waals surface area contributed by atoms with Crippen molar-refractivity contribution in [2.45, 2.75) is 71.8 Å². The van der Waals surface area contributed by atoms with Crippen molar-refractivity contribution in [3.05, 3.63) is 0 Å². The molecule has 2 fully saturated rings. The van der Waals surface area contributed by atoms with Crippen molar-refractivity contribution in [3.8, 4) is 0 Å². The Kier molecular flexibility index (Phi) is 4.54. The van der Waals surface area contributed by atoms with E-state index in [9.17, 15) is 4.79 Å². The monoisotopic (exact) mass is 266 g/mol. The standard InChI is InChI=1S/C16H30N2O/c1-4-7-16(9-10-17-12-16)14(19)18-13-6-5-8-15(2,3)11-13/h13,17H,4-12H2,1-3H3,(H,18,19). The highest BCUT2D eigenvalue weighted by molar-refractivity contribution is 5.83. The van der Waals surface area contributed by atoms with Crippen molar-refractivity contribution >= 4 is 5.91 Å². The number of nitrogens with one attached hydrogen (secondary N) is 2. The molecule has 3 heteroatoms. The van der Waals surface area contributed by atoms with E-state index in [0.717, 1.165) is 45.2 Å². The molecule has 2 N–H and O–H groups in total. The molecule has 0 aromatic carbocycles. The molecule has 0 spiro atoms. The summed E-state index contributed by atoms with van der Waals surface area (Å²) < 4.78 is 0. The minimum atomic E-state index is -0.129. The number of carbonyl (C=O) groups is 1. The molecule has 19 heavy (non-hydrogen) atoms. The lowest BCUT2D eigenvalue weighted by molar-refractivity contribution is -0.131. The molecule has 1 saturated heterocycles. The zero-order valence-electron chi connectivity index (χ0n) is 12.8. The smallest absolute Gasteiger partial charge is 0.227 e. The zero-order chi connectivity index (χ0) is 13.9. The Labute approximate surface area is 117 Å².